The molecule has 2 aromatic rings. The Bertz CT molecular complexity index is 636. The molecule has 5 heteroatoms. The standard InChI is InChI=1S/C17H17Cl2NO2/c1-3-12-7-9-13(10-8-12)22-11(2)17(21)20-16-14(18)5-4-6-15(16)19/h4-11H,3H2,1-2H3,(H,20,21). The number of carbonyl (C=O) groups is 1. The summed E-state index contributed by atoms with van der Waals surface area (Å²) in [6.07, 6.45) is 0.293. The predicted octanol–water partition coefficient (Wildman–Crippen LogP) is 4.96. The lowest BCUT2D eigenvalue weighted by molar-refractivity contribution is -0.122. The third-order valence-electron chi connectivity index (χ3n) is 3.22. The Hall–Kier alpha value is -1.71. The van der Waals surface area contributed by atoms with Crippen LogP contribution in [0.3, 0.4) is 0 Å². The van der Waals surface area contributed by atoms with Gasteiger partial charge >= 0.3 is 0 Å². The highest BCUT2D eigenvalue weighted by Crippen LogP contribution is 2.30. The van der Waals surface area contributed by atoms with E-state index in [0.717, 1.165) is 6.42 Å². The van der Waals surface area contributed by atoms with Gasteiger partial charge in [0, 0.05) is 0 Å². The third kappa shape index (κ3) is 4.15. The van der Waals surface area contributed by atoms with Crippen LogP contribution >= 0.6 is 23.2 Å². The van der Waals surface area contributed by atoms with Gasteiger partial charge in [0.1, 0.15) is 5.75 Å². The van der Waals surface area contributed by atoms with Gasteiger partial charge in [-0.25, -0.2) is 0 Å². The molecule has 0 aliphatic rings. The van der Waals surface area contributed by atoms with Crippen LogP contribution in [0.5, 0.6) is 5.75 Å². The van der Waals surface area contributed by atoms with Crippen molar-refractivity contribution in [1.29, 1.82) is 0 Å². The molecule has 0 bridgehead atoms. The van der Waals surface area contributed by atoms with E-state index in [1.54, 1.807) is 25.1 Å². The van der Waals surface area contributed by atoms with Gasteiger partial charge in [-0.2, -0.15) is 0 Å². The maximum Gasteiger partial charge on any atom is 0.265 e. The SMILES string of the molecule is CCc1ccc(OC(C)C(=O)Nc2c(Cl)cccc2Cl)cc1. The molecule has 1 N–H and O–H groups in total. The Labute approximate surface area is 140 Å². The summed E-state index contributed by atoms with van der Waals surface area (Å²) in [6.45, 7) is 3.76. The van der Waals surface area contributed by atoms with Gasteiger partial charge in [-0.1, -0.05) is 48.3 Å². The lowest BCUT2D eigenvalue weighted by atomic mass is 10.2. The highest BCUT2D eigenvalue weighted by molar-refractivity contribution is 6.39. The molecule has 0 saturated carbocycles. The van der Waals surface area contributed by atoms with E-state index < -0.39 is 6.10 Å². The Kier molecular flexibility index (Phi) is 5.69. The minimum Gasteiger partial charge on any atom is -0.481 e. The van der Waals surface area contributed by atoms with Crippen molar-refractivity contribution in [2.24, 2.45) is 0 Å². The van der Waals surface area contributed by atoms with Gasteiger partial charge in [0.05, 0.1) is 15.7 Å². The molecular weight excluding hydrogens is 321 g/mol. The molecular formula is C17H17Cl2NO2. The van der Waals surface area contributed by atoms with Crippen LogP contribution in [0, 0.1) is 0 Å². The van der Waals surface area contributed by atoms with E-state index in [4.69, 9.17) is 27.9 Å². The molecule has 0 spiro atoms. The first-order valence-corrected chi connectivity index (χ1v) is 7.77. The van der Waals surface area contributed by atoms with Gasteiger partial charge < -0.3 is 10.1 Å². The van der Waals surface area contributed by atoms with Crippen LogP contribution in [0.1, 0.15) is 19.4 Å². The molecule has 0 fully saturated rings. The maximum absolute atomic E-state index is 12.2. The second-order valence-electron chi connectivity index (χ2n) is 4.84. The van der Waals surface area contributed by atoms with E-state index in [0.29, 0.717) is 21.5 Å². The molecule has 1 unspecified atom stereocenters. The van der Waals surface area contributed by atoms with Gasteiger partial charge in [-0.3, -0.25) is 4.79 Å². The van der Waals surface area contributed by atoms with Crippen LogP contribution in [-0.4, -0.2) is 12.0 Å². The minimum atomic E-state index is -0.667. The van der Waals surface area contributed by atoms with E-state index >= 15 is 0 Å². The molecule has 1 amide bonds. The topological polar surface area (TPSA) is 38.3 Å². The molecule has 0 saturated heterocycles. The fourth-order valence-corrected chi connectivity index (χ4v) is 2.40. The van der Waals surface area contributed by atoms with Crippen molar-refractivity contribution in [3.8, 4) is 5.75 Å². The van der Waals surface area contributed by atoms with Crippen molar-refractivity contribution in [1.82, 2.24) is 0 Å². The number of hydrogen-bond donors (Lipinski definition) is 1. The van der Waals surface area contributed by atoms with Crippen molar-refractivity contribution in [3.05, 3.63) is 58.1 Å². The molecule has 1 atom stereocenters. The number of carbonyl (C=O) groups excluding carboxylic acids is 1. The van der Waals surface area contributed by atoms with Crippen LogP contribution in [-0.2, 0) is 11.2 Å². The molecule has 0 heterocycles. The van der Waals surface area contributed by atoms with E-state index in [1.165, 1.54) is 5.56 Å². The van der Waals surface area contributed by atoms with Crippen LogP contribution in [0.4, 0.5) is 5.69 Å². The summed E-state index contributed by atoms with van der Waals surface area (Å²) < 4.78 is 5.63. The second-order valence-corrected chi connectivity index (χ2v) is 5.66. The number of benzene rings is 2. The second kappa shape index (κ2) is 7.52. The smallest absolute Gasteiger partial charge is 0.265 e. The molecule has 22 heavy (non-hydrogen) atoms. The number of ether oxygens (including phenoxy) is 1. The summed E-state index contributed by atoms with van der Waals surface area (Å²) in [7, 11) is 0. The van der Waals surface area contributed by atoms with E-state index in [2.05, 4.69) is 12.2 Å². The monoisotopic (exact) mass is 337 g/mol. The molecule has 2 rings (SSSR count). The Morgan fingerprint density at radius 3 is 2.27 bits per heavy atom. The van der Waals surface area contributed by atoms with Crippen molar-refractivity contribution in [2.75, 3.05) is 5.32 Å². The number of para-hydroxylation sites is 1. The van der Waals surface area contributed by atoms with Crippen molar-refractivity contribution in [3.63, 3.8) is 0 Å². The zero-order valence-corrected chi connectivity index (χ0v) is 13.9. The lowest BCUT2D eigenvalue weighted by Crippen LogP contribution is -2.30. The van der Waals surface area contributed by atoms with Gasteiger partial charge in [0.2, 0.25) is 0 Å². The lowest BCUT2D eigenvalue weighted by Gasteiger charge is -2.16. The normalized spacial score (nSPS) is 11.8. The number of amides is 1. The Morgan fingerprint density at radius 2 is 1.73 bits per heavy atom. The summed E-state index contributed by atoms with van der Waals surface area (Å²) in [5, 5.41) is 3.47. The van der Waals surface area contributed by atoms with Gasteiger partial charge in [0.25, 0.3) is 5.91 Å². The highest BCUT2D eigenvalue weighted by Gasteiger charge is 2.17. The van der Waals surface area contributed by atoms with Crippen LogP contribution < -0.4 is 10.1 Å². The average molecular weight is 338 g/mol. The first-order chi connectivity index (χ1) is 10.5. The first-order valence-electron chi connectivity index (χ1n) is 7.01. The van der Waals surface area contributed by atoms with Crippen LogP contribution in [0.15, 0.2) is 42.5 Å². The molecule has 3 nitrogen and oxygen atoms in total. The fourth-order valence-electron chi connectivity index (χ4n) is 1.90. The quantitative estimate of drug-likeness (QED) is 0.837. The summed E-state index contributed by atoms with van der Waals surface area (Å²) in [4.78, 5) is 12.2. The molecule has 2 aromatic carbocycles. The predicted molar refractivity (Wildman–Crippen MR) is 91.0 cm³/mol. The van der Waals surface area contributed by atoms with Crippen molar-refractivity contribution >= 4 is 34.8 Å². The molecule has 116 valence electrons. The third-order valence-corrected chi connectivity index (χ3v) is 3.85. The summed E-state index contributed by atoms with van der Waals surface area (Å²) in [6, 6.07) is 12.7. The number of hydrogen-bond acceptors (Lipinski definition) is 2. The van der Waals surface area contributed by atoms with Gasteiger partial charge in [-0.05, 0) is 43.2 Å². The number of halogens is 2. The average Bonchev–Trinajstić information content (AvgIpc) is 2.51. The first kappa shape index (κ1) is 16.7. The number of anilines is 1. The van der Waals surface area contributed by atoms with Crippen LogP contribution in [0.2, 0.25) is 10.0 Å². The van der Waals surface area contributed by atoms with Crippen molar-refractivity contribution in [2.45, 2.75) is 26.4 Å². The Balaban J connectivity index is 2.02. The summed E-state index contributed by atoms with van der Waals surface area (Å²) in [5.74, 6) is 0.333. The zero-order chi connectivity index (χ0) is 16.1. The maximum atomic E-state index is 12.2. The Morgan fingerprint density at radius 1 is 1.14 bits per heavy atom. The molecule has 0 radical (unpaired) electrons. The molecule has 0 aliphatic carbocycles. The van der Waals surface area contributed by atoms with E-state index in [9.17, 15) is 4.79 Å². The zero-order valence-electron chi connectivity index (χ0n) is 12.4. The largest absolute Gasteiger partial charge is 0.481 e. The molecule has 0 aliphatic heterocycles. The number of aryl methyl sites for hydroxylation is 1. The van der Waals surface area contributed by atoms with E-state index in [-0.39, 0.29) is 5.91 Å². The van der Waals surface area contributed by atoms with Crippen LogP contribution in [0.25, 0.3) is 0 Å². The van der Waals surface area contributed by atoms with E-state index in [1.807, 2.05) is 24.3 Å². The highest BCUT2D eigenvalue weighted by atomic mass is 35.5. The number of nitrogens with one attached hydrogen (secondary N) is 1. The van der Waals surface area contributed by atoms with Gasteiger partial charge in [-0.15, -0.1) is 0 Å². The summed E-state index contributed by atoms with van der Waals surface area (Å²) >= 11 is 12.1. The number of rotatable bonds is 5. The molecule has 0 aromatic heterocycles. The van der Waals surface area contributed by atoms with Gasteiger partial charge in [0.15, 0.2) is 6.10 Å². The van der Waals surface area contributed by atoms with Crippen molar-refractivity contribution < 1.29 is 9.53 Å². The fraction of sp³-hybridized carbons (Fsp3) is 0.235. The minimum absolute atomic E-state index is 0.311. The summed E-state index contributed by atoms with van der Waals surface area (Å²) in [5.41, 5.74) is 1.61.